The van der Waals surface area contributed by atoms with Gasteiger partial charge in [0, 0.05) is 45.8 Å². The molecule has 0 fully saturated rings. The summed E-state index contributed by atoms with van der Waals surface area (Å²) in [6, 6.07) is 63.8. The molecule has 2 aliphatic heterocycles. The minimum absolute atomic E-state index is 0.0271. The second-order valence-corrected chi connectivity index (χ2v) is 21.0. The Morgan fingerprint density at radius 2 is 1.06 bits per heavy atom. The number of anilines is 10. The van der Waals surface area contributed by atoms with E-state index < -0.39 is 0 Å². The number of pyridine rings is 1. The zero-order valence-electron chi connectivity index (χ0n) is 40.1. The van der Waals surface area contributed by atoms with Crippen LogP contribution in [0.15, 0.2) is 176 Å². The van der Waals surface area contributed by atoms with Gasteiger partial charge in [0.15, 0.2) is 0 Å². The Balaban J connectivity index is 1.19. The normalized spacial score (nSPS) is 13.3. The van der Waals surface area contributed by atoms with E-state index in [9.17, 15) is 5.26 Å². The molecule has 0 bridgehead atoms. The van der Waals surface area contributed by atoms with E-state index in [1.165, 1.54) is 33.8 Å². The fourth-order valence-corrected chi connectivity index (χ4v) is 9.56. The fourth-order valence-electron chi connectivity index (χ4n) is 9.56. The van der Waals surface area contributed by atoms with Gasteiger partial charge in [-0.3, -0.25) is 4.90 Å². The van der Waals surface area contributed by atoms with E-state index in [1.54, 1.807) is 0 Å². The summed E-state index contributed by atoms with van der Waals surface area (Å²) in [4.78, 5) is 14.7. The maximum absolute atomic E-state index is 10.1. The summed E-state index contributed by atoms with van der Waals surface area (Å²) in [5.74, 6) is 0.833. The van der Waals surface area contributed by atoms with Crippen molar-refractivity contribution in [3.8, 4) is 28.3 Å². The van der Waals surface area contributed by atoms with Crippen LogP contribution in [0.5, 0.6) is 0 Å². The SMILES string of the molecule is CC(C)(C)c1cccc(N2CN(c3cc(N(c4ccccc4)c4ccc5c(c4)N(c4cc(C(C)(C)C)ccn4)c4ccccc4-c4cc(C#N)ccc4-5)cc(C(C)(C)C)c3)c3ccccc32)c1. The number of nitriles is 1. The number of fused-ring (bicyclic) bond motifs is 6. The highest BCUT2D eigenvalue weighted by Gasteiger charge is 2.32. The number of hydrogen-bond acceptors (Lipinski definition) is 6. The molecule has 0 saturated carbocycles. The first kappa shape index (κ1) is 43.3. The summed E-state index contributed by atoms with van der Waals surface area (Å²) in [7, 11) is 0. The van der Waals surface area contributed by atoms with Gasteiger partial charge in [0.05, 0.1) is 34.4 Å². The monoisotopic (exact) mass is 874 g/mol. The Bertz CT molecular complexity index is 3210. The Morgan fingerprint density at radius 1 is 0.448 bits per heavy atom. The van der Waals surface area contributed by atoms with Gasteiger partial charge >= 0.3 is 0 Å². The molecule has 67 heavy (non-hydrogen) atoms. The van der Waals surface area contributed by atoms with E-state index in [-0.39, 0.29) is 16.2 Å². The number of nitrogens with zero attached hydrogens (tertiary/aromatic N) is 6. The summed E-state index contributed by atoms with van der Waals surface area (Å²) in [6.45, 7) is 21.1. The molecule has 0 aliphatic carbocycles. The number of benzene rings is 7. The van der Waals surface area contributed by atoms with Crippen LogP contribution in [-0.2, 0) is 16.2 Å². The summed E-state index contributed by atoms with van der Waals surface area (Å²) < 4.78 is 0. The third kappa shape index (κ3) is 7.99. The molecule has 8 aromatic rings. The van der Waals surface area contributed by atoms with Crippen LogP contribution in [0.4, 0.5) is 57.0 Å². The molecule has 3 heterocycles. The molecule has 0 amide bonds. The summed E-state index contributed by atoms with van der Waals surface area (Å²) in [5, 5.41) is 10.1. The van der Waals surface area contributed by atoms with E-state index in [1.807, 2.05) is 18.3 Å². The van der Waals surface area contributed by atoms with E-state index in [2.05, 4.69) is 246 Å². The molecule has 1 aromatic heterocycles. The molecule has 0 spiro atoms. The van der Waals surface area contributed by atoms with Gasteiger partial charge in [0.25, 0.3) is 0 Å². The summed E-state index contributed by atoms with van der Waals surface area (Å²) >= 11 is 0. The molecule has 6 heteroatoms. The molecular formula is C61H58N6. The predicted octanol–water partition coefficient (Wildman–Crippen LogP) is 16.7. The van der Waals surface area contributed by atoms with Gasteiger partial charge in [0.2, 0.25) is 0 Å². The highest BCUT2D eigenvalue weighted by atomic mass is 15.4. The number of aromatic nitrogens is 1. The number of rotatable bonds is 6. The standard InChI is InChI=1S/C61H58N6/c1-59(2,3)42-18-17-21-46(33-42)64-40-65(56-25-16-15-24-55(56)64)48-34-44(61(7,8)9)35-49(37-48)66(45-19-11-10-12-20-45)47-27-29-52-50-28-26-41(39-62)32-53(50)51-22-13-14-23-54(51)67(57(52)38-47)58-36-43(30-31-63-58)60(4,5)6/h10-38H,40H2,1-9H3. The molecule has 0 N–H and O–H groups in total. The van der Waals surface area contributed by atoms with Crippen LogP contribution in [0.1, 0.15) is 84.6 Å². The molecule has 0 radical (unpaired) electrons. The van der Waals surface area contributed by atoms with E-state index in [0.717, 1.165) is 62.2 Å². The van der Waals surface area contributed by atoms with Gasteiger partial charge < -0.3 is 14.7 Å². The molecule has 2 aliphatic rings. The fraction of sp³-hybridized carbons (Fsp3) is 0.213. The van der Waals surface area contributed by atoms with Gasteiger partial charge in [-0.15, -0.1) is 0 Å². The van der Waals surface area contributed by atoms with Crippen molar-refractivity contribution >= 4 is 57.0 Å². The molecule has 0 atom stereocenters. The maximum atomic E-state index is 10.1. The van der Waals surface area contributed by atoms with Gasteiger partial charge in [-0.25, -0.2) is 4.98 Å². The highest BCUT2D eigenvalue weighted by Crippen LogP contribution is 2.53. The van der Waals surface area contributed by atoms with Crippen molar-refractivity contribution in [2.24, 2.45) is 0 Å². The van der Waals surface area contributed by atoms with Crippen molar-refractivity contribution in [2.75, 3.05) is 26.3 Å². The topological polar surface area (TPSA) is 49.6 Å². The third-order valence-corrected chi connectivity index (χ3v) is 13.3. The van der Waals surface area contributed by atoms with E-state index in [0.29, 0.717) is 12.2 Å². The predicted molar refractivity (Wildman–Crippen MR) is 281 cm³/mol. The number of para-hydroxylation sites is 4. The Morgan fingerprint density at radius 3 is 1.76 bits per heavy atom. The van der Waals surface area contributed by atoms with E-state index >= 15 is 0 Å². The maximum Gasteiger partial charge on any atom is 0.137 e. The van der Waals surface area contributed by atoms with Crippen molar-refractivity contribution in [1.29, 1.82) is 5.26 Å². The molecule has 0 saturated heterocycles. The second kappa shape index (κ2) is 16.4. The lowest BCUT2D eigenvalue weighted by Crippen LogP contribution is -2.25. The Hall–Kier alpha value is -7.62. The highest BCUT2D eigenvalue weighted by molar-refractivity contribution is 6.03. The van der Waals surface area contributed by atoms with Gasteiger partial charge in [0.1, 0.15) is 12.5 Å². The lowest BCUT2D eigenvalue weighted by molar-refractivity contribution is 0.589. The average molecular weight is 875 g/mol. The second-order valence-electron chi connectivity index (χ2n) is 21.0. The van der Waals surface area contributed by atoms with Crippen LogP contribution in [0.2, 0.25) is 0 Å². The van der Waals surface area contributed by atoms with Crippen LogP contribution in [0, 0.1) is 11.3 Å². The van der Waals surface area contributed by atoms with Gasteiger partial charge in [-0.2, -0.15) is 5.26 Å². The zero-order valence-corrected chi connectivity index (χ0v) is 40.1. The Labute approximate surface area is 397 Å². The van der Waals surface area contributed by atoms with Gasteiger partial charge in [-0.1, -0.05) is 135 Å². The third-order valence-electron chi connectivity index (χ3n) is 13.3. The average Bonchev–Trinajstić information content (AvgIpc) is 3.66. The lowest BCUT2D eigenvalue weighted by Gasteiger charge is -2.32. The van der Waals surface area contributed by atoms with Crippen LogP contribution in [0.25, 0.3) is 22.3 Å². The lowest BCUT2D eigenvalue weighted by atomic mass is 9.86. The van der Waals surface area contributed by atoms with Crippen LogP contribution < -0.4 is 19.6 Å². The Kier molecular flexibility index (Phi) is 10.6. The summed E-state index contributed by atoms with van der Waals surface area (Å²) in [6.07, 6.45) is 1.93. The van der Waals surface area contributed by atoms with Crippen molar-refractivity contribution in [3.05, 3.63) is 198 Å². The van der Waals surface area contributed by atoms with Crippen LogP contribution in [-0.4, -0.2) is 11.7 Å². The molecular weight excluding hydrogens is 817 g/mol. The molecule has 6 nitrogen and oxygen atoms in total. The quantitative estimate of drug-likeness (QED) is 0.166. The van der Waals surface area contributed by atoms with Crippen molar-refractivity contribution < 1.29 is 0 Å². The first-order chi connectivity index (χ1) is 32.1. The molecule has 10 rings (SSSR count). The first-order valence-corrected chi connectivity index (χ1v) is 23.4. The van der Waals surface area contributed by atoms with Crippen molar-refractivity contribution in [2.45, 2.75) is 78.6 Å². The molecule has 7 aromatic carbocycles. The van der Waals surface area contributed by atoms with Crippen molar-refractivity contribution in [1.82, 2.24) is 4.98 Å². The molecule has 0 unspecified atom stereocenters. The minimum Gasteiger partial charge on any atom is -0.321 e. The van der Waals surface area contributed by atoms with Crippen molar-refractivity contribution in [3.63, 3.8) is 0 Å². The molecule has 332 valence electrons. The first-order valence-electron chi connectivity index (χ1n) is 23.4. The van der Waals surface area contributed by atoms with Crippen LogP contribution in [0.3, 0.4) is 0 Å². The van der Waals surface area contributed by atoms with E-state index in [4.69, 9.17) is 4.98 Å². The smallest absolute Gasteiger partial charge is 0.137 e. The van der Waals surface area contributed by atoms with Crippen LogP contribution >= 0.6 is 0 Å². The number of hydrogen-bond donors (Lipinski definition) is 0. The zero-order chi connectivity index (χ0) is 46.8. The van der Waals surface area contributed by atoms with Gasteiger partial charge in [-0.05, 0) is 141 Å². The minimum atomic E-state index is -0.156. The largest absolute Gasteiger partial charge is 0.321 e. The summed E-state index contributed by atoms with van der Waals surface area (Å²) in [5.41, 5.74) is 18.1.